The molecule has 0 spiro atoms. The van der Waals surface area contributed by atoms with Gasteiger partial charge in [-0.2, -0.15) is 0 Å². The first-order valence-electron chi connectivity index (χ1n) is 5.29. The third kappa shape index (κ3) is 1.39. The predicted molar refractivity (Wildman–Crippen MR) is 60.9 cm³/mol. The van der Waals surface area contributed by atoms with Crippen molar-refractivity contribution in [3.8, 4) is 0 Å². The second-order valence-electron chi connectivity index (χ2n) is 4.06. The topological polar surface area (TPSA) is 39.5 Å². The molecule has 0 aromatic heterocycles. The summed E-state index contributed by atoms with van der Waals surface area (Å²) in [5, 5.41) is 7.35. The maximum absolute atomic E-state index is 7.35. The SMILES string of the molecule is CN(C=N)C1=N[C@H]2C[I-]C2c2ccccc21. The molecule has 1 saturated heterocycles. The molecule has 4 heteroatoms. The Labute approximate surface area is 105 Å². The molecule has 1 fully saturated rings. The van der Waals surface area contributed by atoms with Gasteiger partial charge in [0.15, 0.2) is 0 Å². The molecule has 2 heterocycles. The van der Waals surface area contributed by atoms with Crippen LogP contribution in [-0.2, 0) is 0 Å². The molecule has 1 unspecified atom stereocenters. The van der Waals surface area contributed by atoms with Crippen molar-refractivity contribution in [2.24, 2.45) is 4.99 Å². The van der Waals surface area contributed by atoms with Crippen molar-refractivity contribution in [1.29, 1.82) is 5.41 Å². The van der Waals surface area contributed by atoms with Crippen LogP contribution >= 0.6 is 0 Å². The number of amidine groups is 1. The number of hydrogen-bond acceptors (Lipinski definition) is 2. The van der Waals surface area contributed by atoms with Crippen molar-refractivity contribution >= 4 is 12.2 Å². The Balaban J connectivity index is 2.12. The van der Waals surface area contributed by atoms with Crippen molar-refractivity contribution < 1.29 is 21.2 Å². The van der Waals surface area contributed by atoms with E-state index in [0.29, 0.717) is 27.2 Å². The molecule has 2 atom stereocenters. The molecule has 1 N–H and O–H groups in total. The number of alkyl halides is 2. The molecule has 0 amide bonds. The van der Waals surface area contributed by atoms with Gasteiger partial charge in [0.25, 0.3) is 0 Å². The first kappa shape index (κ1) is 10.3. The Bertz CT molecular complexity index is 469. The van der Waals surface area contributed by atoms with Crippen LogP contribution in [0.4, 0.5) is 0 Å². The second-order valence-corrected chi connectivity index (χ2v) is 7.16. The number of nitrogens with zero attached hydrogens (tertiary/aromatic N) is 2. The standard InChI is InChI=1S/C12H13IN3/c1-16(7-14)12-9-5-3-2-4-8(9)11-10(15-12)6-13-11/h2-5,7,10-11,14H,6H2,1H3/q-1/t10-,11?/m0/s1. The minimum absolute atomic E-state index is 0.314. The fourth-order valence-electron chi connectivity index (χ4n) is 2.16. The third-order valence-corrected chi connectivity index (χ3v) is 6.93. The summed E-state index contributed by atoms with van der Waals surface area (Å²) in [4.78, 5) is 6.59. The summed E-state index contributed by atoms with van der Waals surface area (Å²) in [6.45, 7) is 0. The number of benzene rings is 1. The zero-order valence-corrected chi connectivity index (χ0v) is 11.2. The minimum atomic E-state index is 0.314. The third-order valence-electron chi connectivity index (χ3n) is 3.07. The Hall–Kier alpha value is -0.910. The van der Waals surface area contributed by atoms with E-state index < -0.39 is 0 Å². The molecule has 84 valence electrons. The van der Waals surface area contributed by atoms with Gasteiger partial charge in [0.2, 0.25) is 0 Å². The van der Waals surface area contributed by atoms with Crippen LogP contribution in [0.2, 0.25) is 0 Å². The Morgan fingerprint density at radius 3 is 3.00 bits per heavy atom. The van der Waals surface area contributed by atoms with Gasteiger partial charge in [0.05, 0.1) is 0 Å². The van der Waals surface area contributed by atoms with Gasteiger partial charge in [-0.05, 0) is 0 Å². The summed E-state index contributed by atoms with van der Waals surface area (Å²) >= 11 is 0.314. The van der Waals surface area contributed by atoms with Gasteiger partial charge in [-0.3, -0.25) is 0 Å². The van der Waals surface area contributed by atoms with Crippen LogP contribution in [0.15, 0.2) is 29.3 Å². The molecule has 3 rings (SSSR count). The summed E-state index contributed by atoms with van der Waals surface area (Å²) in [5.74, 6) is 0.968. The first-order valence-corrected chi connectivity index (χ1v) is 8.06. The van der Waals surface area contributed by atoms with E-state index in [0.717, 1.165) is 9.76 Å². The zero-order chi connectivity index (χ0) is 11.1. The predicted octanol–water partition coefficient (Wildman–Crippen LogP) is -1.50. The summed E-state index contributed by atoms with van der Waals surface area (Å²) in [7, 11) is 1.90. The number of fused-ring (bicyclic) bond motifs is 3. The van der Waals surface area contributed by atoms with Crippen molar-refractivity contribution in [2.45, 2.75) is 9.97 Å². The van der Waals surface area contributed by atoms with Crippen LogP contribution in [0.5, 0.6) is 0 Å². The monoisotopic (exact) mass is 326 g/mol. The van der Waals surface area contributed by atoms with Crippen molar-refractivity contribution in [3.63, 3.8) is 0 Å². The van der Waals surface area contributed by atoms with Gasteiger partial charge in [-0.15, -0.1) is 0 Å². The van der Waals surface area contributed by atoms with E-state index >= 15 is 0 Å². The molecular weight excluding hydrogens is 313 g/mol. The van der Waals surface area contributed by atoms with E-state index in [-0.39, 0.29) is 0 Å². The molecule has 2 aliphatic heterocycles. The van der Waals surface area contributed by atoms with E-state index in [2.05, 4.69) is 24.3 Å². The van der Waals surface area contributed by atoms with Crippen LogP contribution in [0, 0.1) is 5.41 Å². The summed E-state index contributed by atoms with van der Waals surface area (Å²) in [6, 6.07) is 9.04. The molecule has 16 heavy (non-hydrogen) atoms. The van der Waals surface area contributed by atoms with Crippen molar-refractivity contribution in [1.82, 2.24) is 4.90 Å². The molecule has 0 radical (unpaired) electrons. The number of rotatable bonds is 1. The zero-order valence-electron chi connectivity index (χ0n) is 9.02. The first-order chi connectivity index (χ1) is 7.81. The van der Waals surface area contributed by atoms with E-state index in [4.69, 9.17) is 10.4 Å². The normalized spacial score (nSPS) is 26.4. The van der Waals surface area contributed by atoms with Gasteiger partial charge >= 0.3 is 106 Å². The fourth-order valence-corrected chi connectivity index (χ4v) is 5.01. The molecule has 3 nitrogen and oxygen atoms in total. The van der Waals surface area contributed by atoms with E-state index in [1.54, 1.807) is 0 Å². The molecule has 0 saturated carbocycles. The Morgan fingerprint density at radius 1 is 1.50 bits per heavy atom. The second kappa shape index (κ2) is 3.84. The van der Waals surface area contributed by atoms with Gasteiger partial charge in [0.1, 0.15) is 0 Å². The van der Waals surface area contributed by atoms with E-state index in [9.17, 15) is 0 Å². The van der Waals surface area contributed by atoms with Gasteiger partial charge < -0.3 is 0 Å². The Morgan fingerprint density at radius 2 is 2.31 bits per heavy atom. The van der Waals surface area contributed by atoms with Gasteiger partial charge in [0, 0.05) is 0 Å². The molecule has 0 bridgehead atoms. The van der Waals surface area contributed by atoms with Gasteiger partial charge in [-0.25, -0.2) is 0 Å². The average molecular weight is 326 g/mol. The van der Waals surface area contributed by atoms with E-state index in [1.165, 1.54) is 21.9 Å². The quantitative estimate of drug-likeness (QED) is 0.290. The fraction of sp³-hybridized carbons (Fsp3) is 0.333. The van der Waals surface area contributed by atoms with Crippen LogP contribution < -0.4 is 21.2 Å². The average Bonchev–Trinajstić information content (AvgIpc) is 2.28. The summed E-state index contributed by atoms with van der Waals surface area (Å²) in [6.07, 6.45) is 1.34. The molecule has 0 aliphatic carbocycles. The summed E-state index contributed by atoms with van der Waals surface area (Å²) < 4.78 is 2.03. The van der Waals surface area contributed by atoms with Crippen LogP contribution in [0.3, 0.4) is 0 Å². The van der Waals surface area contributed by atoms with Gasteiger partial charge in [-0.1, -0.05) is 0 Å². The van der Waals surface area contributed by atoms with Crippen LogP contribution in [-0.4, -0.2) is 34.6 Å². The number of halogens is 1. The Kier molecular flexibility index (Phi) is 2.46. The molecular formula is C12H13IN3-. The maximum atomic E-state index is 7.35. The van der Waals surface area contributed by atoms with Crippen LogP contribution in [0.1, 0.15) is 15.1 Å². The number of aliphatic imine (C=N–C) groups is 1. The van der Waals surface area contributed by atoms with E-state index in [1.807, 2.05) is 11.9 Å². The number of hydrogen-bond donors (Lipinski definition) is 1. The van der Waals surface area contributed by atoms with Crippen LogP contribution in [0.25, 0.3) is 0 Å². The van der Waals surface area contributed by atoms with Crippen molar-refractivity contribution in [3.05, 3.63) is 35.4 Å². The molecule has 1 aromatic carbocycles. The summed E-state index contributed by atoms with van der Waals surface area (Å²) in [5.41, 5.74) is 2.69. The number of nitrogens with one attached hydrogen (secondary N) is 1. The molecule has 2 aliphatic rings. The molecule has 1 aromatic rings. The van der Waals surface area contributed by atoms with Crippen molar-refractivity contribution in [2.75, 3.05) is 11.5 Å².